The van der Waals surface area contributed by atoms with Crippen molar-refractivity contribution in [2.45, 2.75) is 12.8 Å². The number of benzene rings is 2. The van der Waals surface area contributed by atoms with Gasteiger partial charge in [-0.05, 0) is 40.8 Å². The number of pyridine rings is 1. The lowest BCUT2D eigenvalue weighted by molar-refractivity contribution is 0.144. The summed E-state index contributed by atoms with van der Waals surface area (Å²) in [7, 11) is 0. The van der Waals surface area contributed by atoms with Gasteiger partial charge in [0.05, 0.1) is 12.1 Å². The maximum Gasteiger partial charge on any atom is 0.407 e. The molecular weight excluding hydrogens is 367 g/mol. The zero-order chi connectivity index (χ0) is 20.2. The smallest absolute Gasteiger partial charge is 0.407 e. The molecule has 0 saturated heterocycles. The first-order valence-electron chi connectivity index (χ1n) is 9.33. The number of alkyl carbamates (subject to hydrolysis) is 1. The van der Waals surface area contributed by atoms with Gasteiger partial charge in [0, 0.05) is 12.1 Å². The van der Waals surface area contributed by atoms with Crippen LogP contribution in [0.15, 0.2) is 60.8 Å². The van der Waals surface area contributed by atoms with E-state index in [1.807, 2.05) is 31.2 Å². The lowest BCUT2D eigenvalue weighted by Crippen LogP contribution is -2.26. The van der Waals surface area contributed by atoms with Crippen LogP contribution in [0.2, 0.25) is 0 Å². The number of carbonyl (C=O) groups excluding carboxylic acids is 1. The van der Waals surface area contributed by atoms with Crippen LogP contribution in [0.3, 0.4) is 0 Å². The summed E-state index contributed by atoms with van der Waals surface area (Å²) in [6, 6.07) is 17.9. The quantitative estimate of drug-likeness (QED) is 0.536. The van der Waals surface area contributed by atoms with Gasteiger partial charge in [0.15, 0.2) is 0 Å². The normalized spacial score (nSPS) is 11.8. The fourth-order valence-electron chi connectivity index (χ4n) is 3.55. The molecule has 5 heteroatoms. The molecule has 29 heavy (non-hydrogen) atoms. The van der Waals surface area contributed by atoms with Crippen molar-refractivity contribution in [3.05, 3.63) is 89.0 Å². The number of halogens is 1. The molecule has 144 valence electrons. The van der Waals surface area contributed by atoms with Gasteiger partial charge in [-0.1, -0.05) is 60.4 Å². The summed E-state index contributed by atoms with van der Waals surface area (Å²) in [6.45, 7) is 2.11. The predicted molar refractivity (Wildman–Crippen MR) is 109 cm³/mol. The van der Waals surface area contributed by atoms with E-state index in [0.717, 1.165) is 16.7 Å². The largest absolute Gasteiger partial charge is 0.449 e. The van der Waals surface area contributed by atoms with Crippen LogP contribution in [0.5, 0.6) is 0 Å². The Balaban J connectivity index is 1.36. The van der Waals surface area contributed by atoms with Gasteiger partial charge in [0.2, 0.25) is 5.95 Å². The Labute approximate surface area is 168 Å². The lowest BCUT2D eigenvalue weighted by atomic mass is 9.98. The molecule has 1 aliphatic rings. The van der Waals surface area contributed by atoms with Crippen molar-refractivity contribution < 1.29 is 13.9 Å². The van der Waals surface area contributed by atoms with Crippen LogP contribution < -0.4 is 5.32 Å². The average molecular weight is 386 g/mol. The highest BCUT2D eigenvalue weighted by Gasteiger charge is 2.28. The van der Waals surface area contributed by atoms with Crippen LogP contribution in [0.1, 0.15) is 28.2 Å². The summed E-state index contributed by atoms with van der Waals surface area (Å²) in [5, 5.41) is 2.58. The molecule has 1 N–H and O–H groups in total. The van der Waals surface area contributed by atoms with Crippen LogP contribution in [0.4, 0.5) is 9.18 Å². The van der Waals surface area contributed by atoms with Gasteiger partial charge in [-0.15, -0.1) is 0 Å². The van der Waals surface area contributed by atoms with E-state index in [1.54, 1.807) is 6.07 Å². The molecule has 0 fully saturated rings. The highest BCUT2D eigenvalue weighted by molar-refractivity contribution is 5.79. The molecule has 1 amide bonds. The first kappa shape index (κ1) is 18.7. The Kier molecular flexibility index (Phi) is 5.26. The van der Waals surface area contributed by atoms with E-state index < -0.39 is 12.0 Å². The van der Waals surface area contributed by atoms with Crippen LogP contribution in [0.25, 0.3) is 11.1 Å². The Hall–Kier alpha value is -3.65. The minimum atomic E-state index is -0.621. The van der Waals surface area contributed by atoms with Crippen molar-refractivity contribution >= 4 is 6.09 Å². The molecule has 1 aliphatic carbocycles. The molecule has 0 saturated carbocycles. The number of nitrogens with zero attached hydrogens (tertiary/aromatic N) is 1. The lowest BCUT2D eigenvalue weighted by Gasteiger charge is -2.14. The van der Waals surface area contributed by atoms with Crippen molar-refractivity contribution in [1.29, 1.82) is 0 Å². The van der Waals surface area contributed by atoms with Crippen LogP contribution >= 0.6 is 0 Å². The van der Waals surface area contributed by atoms with E-state index in [1.165, 1.54) is 17.3 Å². The average Bonchev–Trinajstić information content (AvgIpc) is 3.06. The third kappa shape index (κ3) is 3.97. The second kappa shape index (κ2) is 8.15. The van der Waals surface area contributed by atoms with Crippen LogP contribution in [-0.2, 0) is 4.74 Å². The number of hydrogen-bond acceptors (Lipinski definition) is 3. The Morgan fingerprint density at radius 1 is 1.14 bits per heavy atom. The molecule has 2 aromatic carbocycles. The van der Waals surface area contributed by atoms with E-state index in [9.17, 15) is 9.18 Å². The van der Waals surface area contributed by atoms with Crippen molar-refractivity contribution in [3.8, 4) is 23.0 Å². The molecule has 4 rings (SSSR count). The number of amides is 1. The van der Waals surface area contributed by atoms with E-state index in [2.05, 4.69) is 46.4 Å². The van der Waals surface area contributed by atoms with Crippen LogP contribution in [0, 0.1) is 24.7 Å². The number of carbonyl (C=O) groups is 1. The highest BCUT2D eigenvalue weighted by Crippen LogP contribution is 2.44. The second-order valence-electron chi connectivity index (χ2n) is 6.83. The maximum absolute atomic E-state index is 13.6. The fraction of sp³-hybridized carbons (Fsp3) is 0.167. The SMILES string of the molecule is Cc1cnc(F)c(C#CCNC(=O)OCC2c3ccccc3-c3ccccc32)c1. The third-order valence-electron chi connectivity index (χ3n) is 4.86. The fourth-order valence-corrected chi connectivity index (χ4v) is 3.55. The zero-order valence-corrected chi connectivity index (χ0v) is 15.9. The zero-order valence-electron chi connectivity index (χ0n) is 15.9. The summed E-state index contributed by atoms with van der Waals surface area (Å²) < 4.78 is 19.0. The van der Waals surface area contributed by atoms with Gasteiger partial charge >= 0.3 is 6.09 Å². The number of aromatic nitrogens is 1. The predicted octanol–water partition coefficient (Wildman–Crippen LogP) is 4.42. The third-order valence-corrected chi connectivity index (χ3v) is 4.86. The summed E-state index contributed by atoms with van der Waals surface area (Å²) in [4.78, 5) is 15.7. The van der Waals surface area contributed by atoms with E-state index in [4.69, 9.17) is 4.74 Å². The van der Waals surface area contributed by atoms with Gasteiger partial charge in [0.25, 0.3) is 0 Å². The van der Waals surface area contributed by atoms with Crippen molar-refractivity contribution in [1.82, 2.24) is 10.3 Å². The van der Waals surface area contributed by atoms with E-state index >= 15 is 0 Å². The van der Waals surface area contributed by atoms with Crippen molar-refractivity contribution in [3.63, 3.8) is 0 Å². The molecule has 3 aromatic rings. The molecule has 0 atom stereocenters. The van der Waals surface area contributed by atoms with E-state index in [-0.39, 0.29) is 24.6 Å². The summed E-state index contributed by atoms with van der Waals surface area (Å²) >= 11 is 0. The topological polar surface area (TPSA) is 51.2 Å². The first-order chi connectivity index (χ1) is 14.1. The monoisotopic (exact) mass is 386 g/mol. The van der Waals surface area contributed by atoms with Crippen molar-refractivity contribution in [2.75, 3.05) is 13.2 Å². The minimum absolute atomic E-state index is 0.00620. The van der Waals surface area contributed by atoms with Gasteiger partial charge in [-0.25, -0.2) is 9.78 Å². The molecular formula is C24H19FN2O2. The molecule has 4 nitrogen and oxygen atoms in total. The van der Waals surface area contributed by atoms with Gasteiger partial charge < -0.3 is 10.1 Å². The molecule has 0 unspecified atom stereocenters. The maximum atomic E-state index is 13.6. The molecule has 1 aromatic heterocycles. The minimum Gasteiger partial charge on any atom is -0.449 e. The first-order valence-corrected chi connectivity index (χ1v) is 9.33. The second-order valence-corrected chi connectivity index (χ2v) is 6.83. The number of fused-ring (bicyclic) bond motifs is 3. The highest BCUT2D eigenvalue weighted by atomic mass is 19.1. The molecule has 0 aliphatic heterocycles. The Morgan fingerprint density at radius 3 is 2.48 bits per heavy atom. The molecule has 0 spiro atoms. The number of nitrogens with one attached hydrogen (secondary N) is 1. The molecule has 0 radical (unpaired) electrons. The Bertz CT molecular complexity index is 1090. The summed E-state index contributed by atoms with van der Waals surface area (Å²) in [5.74, 6) is 4.78. The number of hydrogen-bond donors (Lipinski definition) is 1. The van der Waals surface area contributed by atoms with Gasteiger partial charge in [0.1, 0.15) is 6.61 Å². The van der Waals surface area contributed by atoms with Gasteiger partial charge in [-0.2, -0.15) is 4.39 Å². The molecule has 1 heterocycles. The van der Waals surface area contributed by atoms with E-state index in [0.29, 0.717) is 0 Å². The van der Waals surface area contributed by atoms with Gasteiger partial charge in [-0.3, -0.25) is 0 Å². The number of rotatable bonds is 3. The number of ether oxygens (including phenoxy) is 1. The molecule has 0 bridgehead atoms. The van der Waals surface area contributed by atoms with Crippen molar-refractivity contribution in [2.24, 2.45) is 0 Å². The standard InChI is InChI=1S/C24H19FN2O2/c1-16-13-17(23(25)27-14-16)7-6-12-26-24(28)29-15-22-20-10-4-2-8-18(20)19-9-3-5-11-21(19)22/h2-5,8-11,13-14,22H,12,15H2,1H3,(H,26,28). The summed E-state index contributed by atoms with van der Waals surface area (Å²) in [5.41, 5.74) is 5.69. The summed E-state index contributed by atoms with van der Waals surface area (Å²) in [6.07, 6.45) is 0.888. The Morgan fingerprint density at radius 2 is 1.79 bits per heavy atom. The van der Waals surface area contributed by atoms with Crippen LogP contribution in [-0.4, -0.2) is 24.2 Å². The number of aryl methyl sites for hydroxylation is 1.